The Hall–Kier alpha value is -1.48. The van der Waals surface area contributed by atoms with Crippen molar-refractivity contribution in [3.05, 3.63) is 58.6 Å². The molecule has 0 heterocycles. The van der Waals surface area contributed by atoms with E-state index < -0.39 is 0 Å². The summed E-state index contributed by atoms with van der Waals surface area (Å²) in [7, 11) is 4.08. The van der Waals surface area contributed by atoms with E-state index in [1.807, 2.05) is 13.1 Å². The SMILES string of the molecule is CNc1cccc(N(C)CCc2ccccc2Br)c1. The average molecular weight is 319 g/mol. The lowest BCUT2D eigenvalue weighted by Crippen LogP contribution is -2.20. The van der Waals surface area contributed by atoms with E-state index in [0.717, 1.165) is 18.7 Å². The number of hydrogen-bond acceptors (Lipinski definition) is 2. The highest BCUT2D eigenvalue weighted by molar-refractivity contribution is 9.10. The molecule has 0 aliphatic carbocycles. The molecule has 0 amide bonds. The minimum atomic E-state index is 0.996. The van der Waals surface area contributed by atoms with Gasteiger partial charge in [-0.1, -0.05) is 40.2 Å². The molecule has 19 heavy (non-hydrogen) atoms. The van der Waals surface area contributed by atoms with Crippen molar-refractivity contribution in [2.24, 2.45) is 0 Å². The smallest absolute Gasteiger partial charge is 0.0384 e. The van der Waals surface area contributed by atoms with Gasteiger partial charge < -0.3 is 10.2 Å². The molecular formula is C16H19BrN2. The number of likely N-dealkylation sites (N-methyl/N-ethyl adjacent to an activating group) is 1. The van der Waals surface area contributed by atoms with E-state index in [0.29, 0.717) is 0 Å². The van der Waals surface area contributed by atoms with Gasteiger partial charge in [-0.25, -0.2) is 0 Å². The van der Waals surface area contributed by atoms with Crippen LogP contribution >= 0.6 is 15.9 Å². The van der Waals surface area contributed by atoms with Gasteiger partial charge in [-0.2, -0.15) is 0 Å². The van der Waals surface area contributed by atoms with Crippen molar-refractivity contribution < 1.29 is 0 Å². The van der Waals surface area contributed by atoms with Crippen molar-refractivity contribution in [2.45, 2.75) is 6.42 Å². The van der Waals surface area contributed by atoms with Crippen molar-refractivity contribution in [1.82, 2.24) is 0 Å². The number of hydrogen-bond donors (Lipinski definition) is 1. The van der Waals surface area contributed by atoms with Gasteiger partial charge in [0.1, 0.15) is 0 Å². The van der Waals surface area contributed by atoms with Gasteiger partial charge in [0.05, 0.1) is 0 Å². The normalized spacial score (nSPS) is 10.3. The van der Waals surface area contributed by atoms with E-state index in [4.69, 9.17) is 0 Å². The van der Waals surface area contributed by atoms with Gasteiger partial charge in [0.2, 0.25) is 0 Å². The summed E-state index contributed by atoms with van der Waals surface area (Å²) in [5.41, 5.74) is 3.73. The highest BCUT2D eigenvalue weighted by Crippen LogP contribution is 2.20. The number of rotatable bonds is 5. The first kappa shape index (κ1) is 13.9. The van der Waals surface area contributed by atoms with Crippen LogP contribution in [0.2, 0.25) is 0 Å². The lowest BCUT2D eigenvalue weighted by atomic mass is 10.1. The first-order valence-corrected chi connectivity index (χ1v) is 7.22. The number of benzene rings is 2. The highest BCUT2D eigenvalue weighted by Gasteiger charge is 2.04. The van der Waals surface area contributed by atoms with Gasteiger partial charge in [-0.15, -0.1) is 0 Å². The van der Waals surface area contributed by atoms with Gasteiger partial charge in [-0.3, -0.25) is 0 Å². The Morgan fingerprint density at radius 2 is 1.89 bits per heavy atom. The Kier molecular flexibility index (Phi) is 4.86. The molecular weight excluding hydrogens is 300 g/mol. The number of anilines is 2. The fraction of sp³-hybridized carbons (Fsp3) is 0.250. The summed E-state index contributed by atoms with van der Waals surface area (Å²) >= 11 is 3.60. The average Bonchev–Trinajstić information content (AvgIpc) is 2.46. The van der Waals surface area contributed by atoms with E-state index in [2.05, 4.69) is 75.7 Å². The Labute approximate surface area is 123 Å². The molecule has 2 aromatic carbocycles. The molecule has 2 nitrogen and oxygen atoms in total. The third-order valence-electron chi connectivity index (χ3n) is 3.25. The van der Waals surface area contributed by atoms with E-state index >= 15 is 0 Å². The molecule has 0 bridgehead atoms. The molecule has 0 spiro atoms. The lowest BCUT2D eigenvalue weighted by molar-refractivity contribution is 0.874. The summed E-state index contributed by atoms with van der Waals surface area (Å²) < 4.78 is 1.19. The molecule has 0 aliphatic heterocycles. The third kappa shape index (κ3) is 3.74. The van der Waals surface area contributed by atoms with E-state index in [1.54, 1.807) is 0 Å². The topological polar surface area (TPSA) is 15.3 Å². The lowest BCUT2D eigenvalue weighted by Gasteiger charge is -2.20. The summed E-state index contributed by atoms with van der Waals surface area (Å²) in [6.45, 7) is 0.996. The highest BCUT2D eigenvalue weighted by atomic mass is 79.9. The van der Waals surface area contributed by atoms with Crippen LogP contribution in [-0.4, -0.2) is 20.6 Å². The van der Waals surface area contributed by atoms with Crippen LogP contribution < -0.4 is 10.2 Å². The maximum atomic E-state index is 3.60. The van der Waals surface area contributed by atoms with Crippen LogP contribution in [0, 0.1) is 0 Å². The molecule has 0 saturated carbocycles. The van der Waals surface area contributed by atoms with E-state index in [9.17, 15) is 0 Å². The van der Waals surface area contributed by atoms with Crippen LogP contribution in [0.4, 0.5) is 11.4 Å². The summed E-state index contributed by atoms with van der Waals surface area (Å²) in [6.07, 6.45) is 1.03. The van der Waals surface area contributed by atoms with Crippen molar-refractivity contribution in [3.63, 3.8) is 0 Å². The van der Waals surface area contributed by atoms with Crippen molar-refractivity contribution in [1.29, 1.82) is 0 Å². The Morgan fingerprint density at radius 3 is 2.63 bits per heavy atom. The van der Waals surface area contributed by atoms with Gasteiger partial charge in [0, 0.05) is 36.5 Å². The molecule has 0 fully saturated rings. The van der Waals surface area contributed by atoms with Crippen LogP contribution in [0.15, 0.2) is 53.0 Å². The fourth-order valence-corrected chi connectivity index (χ4v) is 2.50. The zero-order valence-electron chi connectivity index (χ0n) is 11.4. The van der Waals surface area contributed by atoms with Gasteiger partial charge in [0.25, 0.3) is 0 Å². The van der Waals surface area contributed by atoms with Crippen LogP contribution in [0.3, 0.4) is 0 Å². The van der Waals surface area contributed by atoms with Crippen molar-refractivity contribution in [2.75, 3.05) is 30.9 Å². The summed E-state index contributed by atoms with van der Waals surface area (Å²) in [4.78, 5) is 2.28. The Bertz CT molecular complexity index is 540. The third-order valence-corrected chi connectivity index (χ3v) is 4.02. The molecule has 3 heteroatoms. The second-order valence-electron chi connectivity index (χ2n) is 4.56. The fourth-order valence-electron chi connectivity index (χ4n) is 2.02. The molecule has 0 radical (unpaired) electrons. The van der Waals surface area contributed by atoms with Crippen LogP contribution in [0.5, 0.6) is 0 Å². The zero-order valence-corrected chi connectivity index (χ0v) is 12.9. The van der Waals surface area contributed by atoms with E-state index in [-0.39, 0.29) is 0 Å². The quantitative estimate of drug-likeness (QED) is 0.890. The largest absolute Gasteiger partial charge is 0.388 e. The molecule has 2 rings (SSSR count). The molecule has 2 aromatic rings. The summed E-state index contributed by atoms with van der Waals surface area (Å²) in [5, 5.41) is 3.17. The number of nitrogens with zero attached hydrogens (tertiary/aromatic N) is 1. The Balaban J connectivity index is 2.01. The molecule has 1 N–H and O–H groups in total. The molecule has 0 unspecified atom stereocenters. The zero-order chi connectivity index (χ0) is 13.7. The minimum Gasteiger partial charge on any atom is -0.388 e. The van der Waals surface area contributed by atoms with E-state index in [1.165, 1.54) is 15.7 Å². The van der Waals surface area contributed by atoms with Crippen molar-refractivity contribution in [3.8, 4) is 0 Å². The number of halogens is 1. The minimum absolute atomic E-state index is 0.996. The van der Waals surface area contributed by atoms with Crippen molar-refractivity contribution >= 4 is 27.3 Å². The summed E-state index contributed by atoms with van der Waals surface area (Å²) in [6, 6.07) is 16.9. The first-order chi connectivity index (χ1) is 9.20. The second kappa shape index (κ2) is 6.62. The maximum Gasteiger partial charge on any atom is 0.0384 e. The molecule has 0 aromatic heterocycles. The first-order valence-electron chi connectivity index (χ1n) is 6.43. The van der Waals surface area contributed by atoms with Crippen LogP contribution in [-0.2, 0) is 6.42 Å². The van der Waals surface area contributed by atoms with Gasteiger partial charge in [-0.05, 0) is 36.2 Å². The maximum absolute atomic E-state index is 3.60. The number of nitrogens with one attached hydrogen (secondary N) is 1. The molecule has 0 atom stereocenters. The van der Waals surface area contributed by atoms with Crippen LogP contribution in [0.1, 0.15) is 5.56 Å². The molecule has 0 saturated heterocycles. The molecule has 100 valence electrons. The van der Waals surface area contributed by atoms with Crippen LogP contribution in [0.25, 0.3) is 0 Å². The second-order valence-corrected chi connectivity index (χ2v) is 5.42. The molecule has 0 aliphatic rings. The van der Waals surface area contributed by atoms with Gasteiger partial charge in [0.15, 0.2) is 0 Å². The predicted octanol–water partition coefficient (Wildman–Crippen LogP) is 4.17. The predicted molar refractivity (Wildman–Crippen MR) is 87.1 cm³/mol. The summed E-state index contributed by atoms with van der Waals surface area (Å²) in [5.74, 6) is 0. The standard InChI is InChI=1S/C16H19BrN2/c1-18-14-7-5-8-15(12-14)19(2)11-10-13-6-3-4-9-16(13)17/h3-9,12,18H,10-11H2,1-2H3. The monoisotopic (exact) mass is 318 g/mol. The Morgan fingerprint density at radius 1 is 1.11 bits per heavy atom. The van der Waals surface area contributed by atoms with Gasteiger partial charge >= 0.3 is 0 Å².